The minimum atomic E-state index is -0.958. The van der Waals surface area contributed by atoms with Gasteiger partial charge < -0.3 is 20.3 Å². The summed E-state index contributed by atoms with van der Waals surface area (Å²) >= 11 is 6.37. The van der Waals surface area contributed by atoms with Gasteiger partial charge >= 0.3 is 6.09 Å². The predicted molar refractivity (Wildman–Crippen MR) is 145 cm³/mol. The highest BCUT2D eigenvalue weighted by atomic mass is 35.5. The van der Waals surface area contributed by atoms with Gasteiger partial charge in [0.15, 0.2) is 0 Å². The number of alkyl carbamates (subject to hydrolysis) is 1. The smallest absolute Gasteiger partial charge is 0.408 e. The summed E-state index contributed by atoms with van der Waals surface area (Å²) < 4.78 is 5.25. The first kappa shape index (κ1) is 28.9. The van der Waals surface area contributed by atoms with Gasteiger partial charge in [-0.1, -0.05) is 67.9 Å². The fourth-order valence-corrected chi connectivity index (χ4v) is 3.87. The Morgan fingerprint density at radius 2 is 1.86 bits per heavy atom. The van der Waals surface area contributed by atoms with Crippen LogP contribution in [0, 0.1) is 6.92 Å². The van der Waals surface area contributed by atoms with Gasteiger partial charge in [-0.15, -0.1) is 0 Å². The number of para-hydroxylation sites is 1. The third kappa shape index (κ3) is 8.41. The monoisotopic (exact) mass is 513 g/mol. The summed E-state index contributed by atoms with van der Waals surface area (Å²) in [4.78, 5) is 40.8. The molecule has 0 aliphatic rings. The van der Waals surface area contributed by atoms with Crippen molar-refractivity contribution in [1.29, 1.82) is 0 Å². The topological polar surface area (TPSA) is 87.7 Å². The molecule has 7 nitrogen and oxygen atoms in total. The molecule has 8 heteroatoms. The molecule has 0 bridgehead atoms. The van der Waals surface area contributed by atoms with E-state index >= 15 is 0 Å². The van der Waals surface area contributed by atoms with Crippen molar-refractivity contribution in [3.8, 4) is 0 Å². The molecule has 0 radical (unpaired) electrons. The molecule has 0 heterocycles. The van der Waals surface area contributed by atoms with Crippen molar-refractivity contribution < 1.29 is 19.1 Å². The molecular formula is C28H36ClN3O4. The number of anilines is 1. The van der Waals surface area contributed by atoms with Gasteiger partial charge in [-0.25, -0.2) is 4.79 Å². The number of nitrogens with one attached hydrogen (secondary N) is 2. The number of ether oxygens (including phenoxy) is 1. The Hall–Kier alpha value is -3.32. The molecule has 0 saturated carbocycles. The highest BCUT2D eigenvalue weighted by Crippen LogP contribution is 2.29. The van der Waals surface area contributed by atoms with Crippen LogP contribution < -0.4 is 10.6 Å². The average molecular weight is 514 g/mol. The Morgan fingerprint density at radius 1 is 1.17 bits per heavy atom. The summed E-state index contributed by atoms with van der Waals surface area (Å²) in [5, 5.41) is 5.83. The number of nitrogens with zero attached hydrogens (tertiary/aromatic N) is 1. The third-order valence-corrected chi connectivity index (χ3v) is 5.66. The van der Waals surface area contributed by atoms with Gasteiger partial charge in [-0.05, 0) is 62.9 Å². The summed E-state index contributed by atoms with van der Waals surface area (Å²) in [6, 6.07) is 11.7. The average Bonchev–Trinajstić information content (AvgIpc) is 2.81. The number of benzene rings is 2. The van der Waals surface area contributed by atoms with E-state index in [0.29, 0.717) is 29.2 Å². The standard InChI is InChI=1S/C28H36ClN3O4/c1-7-9-16-32(23(33)18-30-27(35)36-28(4,5)6)25(21-14-11-13-20(8-2)17-21)26(34)31-24-19(3)12-10-15-22(24)29/h8,10-15,17,25H,2,7,9,16,18H2,1,3-6H3,(H,30,35)(H,31,34). The fraction of sp³-hybridized carbons (Fsp3) is 0.393. The summed E-state index contributed by atoms with van der Waals surface area (Å²) in [7, 11) is 0. The Bertz CT molecular complexity index is 1070. The summed E-state index contributed by atoms with van der Waals surface area (Å²) in [6.07, 6.45) is 2.47. The quantitative estimate of drug-likeness (QED) is 0.400. The molecule has 0 aliphatic heterocycles. The van der Waals surface area contributed by atoms with E-state index < -0.39 is 29.6 Å². The predicted octanol–water partition coefficient (Wildman–Crippen LogP) is 6.12. The maximum absolute atomic E-state index is 13.8. The van der Waals surface area contributed by atoms with Crippen molar-refractivity contribution >= 4 is 41.3 Å². The second-order valence-corrected chi connectivity index (χ2v) is 9.90. The molecule has 2 aromatic rings. The molecule has 194 valence electrons. The molecule has 0 aliphatic carbocycles. The Balaban J connectivity index is 2.43. The van der Waals surface area contributed by atoms with Gasteiger partial charge in [0.2, 0.25) is 5.91 Å². The number of hydrogen-bond acceptors (Lipinski definition) is 4. The molecule has 1 unspecified atom stereocenters. The van der Waals surface area contributed by atoms with Gasteiger partial charge in [0.05, 0.1) is 10.7 Å². The number of aryl methyl sites for hydroxylation is 1. The van der Waals surface area contributed by atoms with Crippen molar-refractivity contribution in [2.75, 3.05) is 18.4 Å². The lowest BCUT2D eigenvalue weighted by Gasteiger charge is -2.32. The zero-order chi connectivity index (χ0) is 26.9. The Kier molecular flexibility index (Phi) is 10.5. The number of halogens is 1. The van der Waals surface area contributed by atoms with Crippen molar-refractivity contribution in [2.24, 2.45) is 0 Å². The van der Waals surface area contributed by atoms with E-state index in [0.717, 1.165) is 17.5 Å². The Labute approximate surface area is 218 Å². The van der Waals surface area contributed by atoms with E-state index in [4.69, 9.17) is 16.3 Å². The van der Waals surface area contributed by atoms with Crippen LogP contribution in [0.5, 0.6) is 0 Å². The highest BCUT2D eigenvalue weighted by molar-refractivity contribution is 6.34. The van der Waals surface area contributed by atoms with E-state index in [1.165, 1.54) is 4.90 Å². The molecule has 2 N–H and O–H groups in total. The Morgan fingerprint density at radius 3 is 2.47 bits per heavy atom. The van der Waals surface area contributed by atoms with Crippen molar-refractivity contribution in [3.63, 3.8) is 0 Å². The molecule has 0 spiro atoms. The van der Waals surface area contributed by atoms with Crippen LogP contribution in [0.4, 0.5) is 10.5 Å². The largest absolute Gasteiger partial charge is 0.444 e. The first-order valence-electron chi connectivity index (χ1n) is 12.0. The van der Waals surface area contributed by atoms with E-state index in [9.17, 15) is 14.4 Å². The molecular weight excluding hydrogens is 478 g/mol. The minimum Gasteiger partial charge on any atom is -0.444 e. The number of carbonyl (C=O) groups excluding carboxylic acids is 3. The van der Waals surface area contributed by atoms with Crippen molar-refractivity contribution in [3.05, 3.63) is 70.8 Å². The summed E-state index contributed by atoms with van der Waals surface area (Å²) in [5.74, 6) is -0.816. The SMILES string of the molecule is C=Cc1cccc(C(C(=O)Nc2c(C)cccc2Cl)N(CCCC)C(=O)CNC(=O)OC(C)(C)C)c1. The van der Waals surface area contributed by atoms with Crippen LogP contribution in [-0.2, 0) is 14.3 Å². The zero-order valence-electron chi connectivity index (χ0n) is 21.7. The van der Waals surface area contributed by atoms with Crippen LogP contribution in [0.3, 0.4) is 0 Å². The second-order valence-electron chi connectivity index (χ2n) is 9.49. The minimum absolute atomic E-state index is 0.311. The van der Waals surface area contributed by atoms with Crippen LogP contribution in [0.1, 0.15) is 63.3 Å². The maximum Gasteiger partial charge on any atom is 0.408 e. The first-order valence-corrected chi connectivity index (χ1v) is 12.4. The summed E-state index contributed by atoms with van der Waals surface area (Å²) in [6.45, 7) is 12.9. The van der Waals surface area contributed by atoms with Gasteiger partial charge in [0, 0.05) is 6.54 Å². The molecule has 2 rings (SSSR count). The molecule has 0 fully saturated rings. The van der Waals surface area contributed by atoms with Crippen LogP contribution in [0.15, 0.2) is 49.0 Å². The third-order valence-electron chi connectivity index (χ3n) is 5.35. The number of unbranched alkanes of at least 4 members (excludes halogenated alkanes) is 1. The van der Waals surface area contributed by atoms with Crippen LogP contribution >= 0.6 is 11.6 Å². The van der Waals surface area contributed by atoms with E-state index in [1.54, 1.807) is 45.0 Å². The van der Waals surface area contributed by atoms with Crippen LogP contribution in [0.25, 0.3) is 6.08 Å². The normalized spacial score (nSPS) is 11.8. The molecule has 0 aromatic heterocycles. The van der Waals surface area contributed by atoms with Crippen molar-refractivity contribution in [2.45, 2.75) is 59.1 Å². The first-order chi connectivity index (χ1) is 17.0. The van der Waals surface area contributed by atoms with Gasteiger partial charge in [-0.3, -0.25) is 9.59 Å². The van der Waals surface area contributed by atoms with Crippen LogP contribution in [0.2, 0.25) is 5.02 Å². The van der Waals surface area contributed by atoms with E-state index in [1.807, 2.05) is 38.1 Å². The second kappa shape index (κ2) is 13.1. The summed E-state index contributed by atoms with van der Waals surface area (Å²) in [5.41, 5.74) is 2.02. The number of carbonyl (C=O) groups is 3. The molecule has 1 atom stereocenters. The van der Waals surface area contributed by atoms with Gasteiger partial charge in [0.25, 0.3) is 5.91 Å². The zero-order valence-corrected chi connectivity index (χ0v) is 22.4. The number of hydrogen-bond donors (Lipinski definition) is 2. The van der Waals surface area contributed by atoms with E-state index in [2.05, 4.69) is 17.2 Å². The molecule has 2 aromatic carbocycles. The maximum atomic E-state index is 13.8. The number of amides is 3. The fourth-order valence-electron chi connectivity index (χ4n) is 3.60. The lowest BCUT2D eigenvalue weighted by atomic mass is 10.0. The lowest BCUT2D eigenvalue weighted by Crippen LogP contribution is -2.47. The molecule has 0 saturated heterocycles. The van der Waals surface area contributed by atoms with Gasteiger partial charge in [-0.2, -0.15) is 0 Å². The van der Waals surface area contributed by atoms with Crippen LogP contribution in [-0.4, -0.2) is 41.5 Å². The molecule has 3 amide bonds. The number of rotatable bonds is 10. The molecule has 36 heavy (non-hydrogen) atoms. The lowest BCUT2D eigenvalue weighted by molar-refractivity contribution is -0.138. The highest BCUT2D eigenvalue weighted by Gasteiger charge is 2.32. The van der Waals surface area contributed by atoms with Gasteiger partial charge in [0.1, 0.15) is 18.2 Å². The van der Waals surface area contributed by atoms with Crippen molar-refractivity contribution in [1.82, 2.24) is 10.2 Å². The van der Waals surface area contributed by atoms with E-state index in [-0.39, 0.29) is 6.54 Å².